The molecule has 110 valence electrons. The molecule has 1 heterocycles. The van der Waals surface area contributed by atoms with Crippen molar-refractivity contribution >= 4 is 31.9 Å². The molecule has 2 rings (SSSR count). The zero-order valence-corrected chi connectivity index (χ0v) is 13.6. The van der Waals surface area contributed by atoms with Crippen molar-refractivity contribution in [2.24, 2.45) is 5.14 Å². The van der Waals surface area contributed by atoms with Gasteiger partial charge < -0.3 is 4.90 Å². The van der Waals surface area contributed by atoms with E-state index in [-0.39, 0.29) is 12.5 Å². The maximum Gasteiger partial charge on any atom is 0.254 e. The first kappa shape index (κ1) is 15.5. The Morgan fingerprint density at radius 3 is 2.80 bits per heavy atom. The van der Waals surface area contributed by atoms with Crippen LogP contribution in [0.15, 0.2) is 22.7 Å². The number of nitrogens with zero attached hydrogens (tertiary/aromatic N) is 1. The molecule has 1 aliphatic heterocycles. The molecule has 7 heteroatoms. The number of hydrogen-bond donors (Lipinski definition) is 1. The van der Waals surface area contributed by atoms with Gasteiger partial charge in [0.15, 0.2) is 0 Å². The van der Waals surface area contributed by atoms with E-state index in [0.717, 1.165) is 10.0 Å². The lowest BCUT2D eigenvalue weighted by atomic mass is 10.1. The van der Waals surface area contributed by atoms with Crippen molar-refractivity contribution in [3.05, 3.63) is 33.8 Å². The Balaban J connectivity index is 2.23. The molecule has 0 spiro atoms. The van der Waals surface area contributed by atoms with Gasteiger partial charge in [-0.1, -0.05) is 22.0 Å². The van der Waals surface area contributed by atoms with E-state index in [1.165, 1.54) is 0 Å². The van der Waals surface area contributed by atoms with Gasteiger partial charge in [0.05, 0.1) is 5.25 Å². The lowest BCUT2D eigenvalue weighted by Gasteiger charge is -2.32. The van der Waals surface area contributed by atoms with Crippen LogP contribution in [0.2, 0.25) is 0 Å². The SMILES string of the molecule is Cc1c(Br)cccc1C(=O)N1CCCC(S(N)(=O)=O)C1. The van der Waals surface area contributed by atoms with Gasteiger partial charge in [0.1, 0.15) is 0 Å². The number of halogens is 1. The van der Waals surface area contributed by atoms with Gasteiger partial charge in [-0.25, -0.2) is 13.6 Å². The van der Waals surface area contributed by atoms with E-state index in [0.29, 0.717) is 24.9 Å². The van der Waals surface area contributed by atoms with Crippen molar-refractivity contribution in [3.63, 3.8) is 0 Å². The minimum absolute atomic E-state index is 0.142. The molecular formula is C13H17BrN2O3S. The Morgan fingerprint density at radius 1 is 1.45 bits per heavy atom. The van der Waals surface area contributed by atoms with E-state index < -0.39 is 15.3 Å². The number of nitrogens with two attached hydrogens (primary N) is 1. The summed E-state index contributed by atoms with van der Waals surface area (Å²) < 4.78 is 23.8. The smallest absolute Gasteiger partial charge is 0.254 e. The van der Waals surface area contributed by atoms with Crippen LogP contribution < -0.4 is 5.14 Å². The summed E-state index contributed by atoms with van der Waals surface area (Å²) in [4.78, 5) is 14.1. The number of sulfonamides is 1. The normalized spacial score (nSPS) is 19.9. The Morgan fingerprint density at radius 2 is 2.15 bits per heavy atom. The number of hydrogen-bond acceptors (Lipinski definition) is 3. The molecule has 1 amide bonds. The predicted molar refractivity (Wildman–Crippen MR) is 80.9 cm³/mol. The fourth-order valence-electron chi connectivity index (χ4n) is 2.40. The molecule has 1 atom stereocenters. The molecule has 1 aliphatic rings. The fourth-order valence-corrected chi connectivity index (χ4v) is 3.65. The van der Waals surface area contributed by atoms with Crippen LogP contribution in [0.5, 0.6) is 0 Å². The first-order chi connectivity index (χ1) is 9.30. The predicted octanol–water partition coefficient (Wildman–Crippen LogP) is 1.65. The van der Waals surface area contributed by atoms with Crippen molar-refractivity contribution < 1.29 is 13.2 Å². The largest absolute Gasteiger partial charge is 0.337 e. The van der Waals surface area contributed by atoms with E-state index >= 15 is 0 Å². The molecule has 1 unspecified atom stereocenters. The van der Waals surface area contributed by atoms with Crippen LogP contribution in [-0.4, -0.2) is 37.6 Å². The zero-order chi connectivity index (χ0) is 14.9. The molecule has 0 saturated carbocycles. The summed E-state index contributed by atoms with van der Waals surface area (Å²) in [7, 11) is -3.60. The quantitative estimate of drug-likeness (QED) is 0.870. The number of benzene rings is 1. The summed E-state index contributed by atoms with van der Waals surface area (Å²) in [6.07, 6.45) is 1.17. The first-order valence-electron chi connectivity index (χ1n) is 6.36. The molecule has 5 nitrogen and oxygen atoms in total. The van der Waals surface area contributed by atoms with E-state index in [1.807, 2.05) is 13.0 Å². The summed E-state index contributed by atoms with van der Waals surface area (Å²) >= 11 is 3.40. The number of rotatable bonds is 2. The maximum absolute atomic E-state index is 12.5. The Kier molecular flexibility index (Phi) is 4.51. The van der Waals surface area contributed by atoms with Gasteiger partial charge in [0, 0.05) is 23.1 Å². The van der Waals surface area contributed by atoms with Gasteiger partial charge in [0.25, 0.3) is 5.91 Å². The molecular weight excluding hydrogens is 344 g/mol. The van der Waals surface area contributed by atoms with Crippen molar-refractivity contribution in [1.29, 1.82) is 0 Å². The Bertz CT molecular complexity index is 631. The number of carbonyl (C=O) groups is 1. The molecule has 1 fully saturated rings. The maximum atomic E-state index is 12.5. The molecule has 0 aromatic heterocycles. The van der Waals surface area contributed by atoms with Crippen LogP contribution in [0.3, 0.4) is 0 Å². The summed E-state index contributed by atoms with van der Waals surface area (Å²) in [5.74, 6) is -0.142. The average molecular weight is 361 g/mol. The highest BCUT2D eigenvalue weighted by atomic mass is 79.9. The topological polar surface area (TPSA) is 80.5 Å². The number of carbonyl (C=O) groups excluding carboxylic acids is 1. The number of piperidine rings is 1. The molecule has 20 heavy (non-hydrogen) atoms. The van der Waals surface area contributed by atoms with E-state index in [4.69, 9.17) is 5.14 Å². The fraction of sp³-hybridized carbons (Fsp3) is 0.462. The number of amides is 1. The summed E-state index contributed by atoms with van der Waals surface area (Å²) in [5.41, 5.74) is 1.45. The standard InChI is InChI=1S/C13H17BrN2O3S/c1-9-11(5-2-6-12(9)14)13(17)16-7-3-4-10(8-16)20(15,18)19/h2,5-6,10H,3-4,7-8H2,1H3,(H2,15,18,19). The minimum atomic E-state index is -3.60. The summed E-state index contributed by atoms with van der Waals surface area (Å²) in [6, 6.07) is 5.42. The van der Waals surface area contributed by atoms with Crippen LogP contribution >= 0.6 is 15.9 Å². The summed E-state index contributed by atoms with van der Waals surface area (Å²) in [5, 5.41) is 4.53. The van der Waals surface area contributed by atoms with Gasteiger partial charge in [-0.15, -0.1) is 0 Å². The molecule has 1 saturated heterocycles. The highest BCUT2D eigenvalue weighted by Gasteiger charge is 2.31. The van der Waals surface area contributed by atoms with Gasteiger partial charge >= 0.3 is 0 Å². The number of likely N-dealkylation sites (tertiary alicyclic amines) is 1. The monoisotopic (exact) mass is 360 g/mol. The lowest BCUT2D eigenvalue weighted by molar-refractivity contribution is 0.0726. The molecule has 0 bridgehead atoms. The van der Waals surface area contributed by atoms with Crippen molar-refractivity contribution in [3.8, 4) is 0 Å². The highest BCUT2D eigenvalue weighted by Crippen LogP contribution is 2.23. The van der Waals surface area contributed by atoms with Gasteiger partial charge in [0.2, 0.25) is 10.0 Å². The molecule has 0 aliphatic carbocycles. The van der Waals surface area contributed by atoms with Crippen molar-refractivity contribution in [2.45, 2.75) is 25.0 Å². The molecule has 1 aromatic carbocycles. The third-order valence-corrected chi connectivity index (χ3v) is 5.80. The highest BCUT2D eigenvalue weighted by molar-refractivity contribution is 9.10. The third-order valence-electron chi connectivity index (χ3n) is 3.63. The molecule has 2 N–H and O–H groups in total. The third kappa shape index (κ3) is 3.21. The number of primary sulfonamides is 1. The summed E-state index contributed by atoms with van der Waals surface area (Å²) in [6.45, 7) is 2.60. The molecule has 1 aromatic rings. The van der Waals surface area contributed by atoms with E-state index in [1.54, 1.807) is 17.0 Å². The Hall–Kier alpha value is -0.920. The zero-order valence-electron chi connectivity index (χ0n) is 11.2. The minimum Gasteiger partial charge on any atom is -0.337 e. The van der Waals surface area contributed by atoms with Crippen LogP contribution in [0.1, 0.15) is 28.8 Å². The van der Waals surface area contributed by atoms with Gasteiger partial charge in [-0.3, -0.25) is 4.79 Å². The van der Waals surface area contributed by atoms with E-state index in [9.17, 15) is 13.2 Å². The van der Waals surface area contributed by atoms with Crippen LogP contribution in [0.4, 0.5) is 0 Å². The van der Waals surface area contributed by atoms with Gasteiger partial charge in [-0.2, -0.15) is 0 Å². The molecule has 0 radical (unpaired) electrons. The van der Waals surface area contributed by atoms with E-state index in [2.05, 4.69) is 15.9 Å². The average Bonchev–Trinajstić information content (AvgIpc) is 2.40. The Labute approximate surface area is 127 Å². The van der Waals surface area contributed by atoms with Gasteiger partial charge in [-0.05, 0) is 37.5 Å². The lowest BCUT2D eigenvalue weighted by Crippen LogP contribution is -2.47. The van der Waals surface area contributed by atoms with Crippen LogP contribution in [0, 0.1) is 6.92 Å². The van der Waals surface area contributed by atoms with Crippen LogP contribution in [0.25, 0.3) is 0 Å². The second kappa shape index (κ2) is 5.83. The first-order valence-corrected chi connectivity index (χ1v) is 8.77. The van der Waals surface area contributed by atoms with Crippen molar-refractivity contribution in [2.75, 3.05) is 13.1 Å². The van der Waals surface area contributed by atoms with Crippen molar-refractivity contribution in [1.82, 2.24) is 4.90 Å². The second-order valence-electron chi connectivity index (χ2n) is 5.02. The second-order valence-corrected chi connectivity index (χ2v) is 7.72. The van der Waals surface area contributed by atoms with Crippen LogP contribution in [-0.2, 0) is 10.0 Å².